The van der Waals surface area contributed by atoms with Crippen LogP contribution in [-0.2, 0) is 6.54 Å². The molecule has 1 aliphatic carbocycles. The summed E-state index contributed by atoms with van der Waals surface area (Å²) in [7, 11) is 0. The van der Waals surface area contributed by atoms with Crippen LogP contribution in [0.15, 0.2) is 42.5 Å². The molecule has 1 aliphatic rings. The Morgan fingerprint density at radius 2 is 2.05 bits per heavy atom. The van der Waals surface area contributed by atoms with Crippen molar-refractivity contribution in [3.05, 3.63) is 53.8 Å². The lowest BCUT2D eigenvalue weighted by Crippen LogP contribution is -2.15. The number of ether oxygens (including phenoxy) is 1. The van der Waals surface area contributed by atoms with Gasteiger partial charge in [0, 0.05) is 18.2 Å². The van der Waals surface area contributed by atoms with Gasteiger partial charge in [-0.1, -0.05) is 18.2 Å². The zero-order valence-corrected chi connectivity index (χ0v) is 12.2. The fourth-order valence-electron chi connectivity index (χ4n) is 2.37. The molecule has 1 saturated carbocycles. The lowest BCUT2D eigenvalue weighted by atomic mass is 10.0. The number of benzene rings is 2. The predicted octanol–water partition coefficient (Wildman–Crippen LogP) is 4.14. The second-order valence-corrected chi connectivity index (χ2v) is 5.43. The number of hydrogen-bond acceptors (Lipinski definition) is 2. The molecule has 2 aromatic rings. The Morgan fingerprint density at radius 3 is 2.81 bits per heavy atom. The lowest BCUT2D eigenvalue weighted by Gasteiger charge is -2.10. The summed E-state index contributed by atoms with van der Waals surface area (Å²) in [5, 5.41) is 3.46. The van der Waals surface area contributed by atoms with Crippen molar-refractivity contribution in [3.63, 3.8) is 0 Å². The number of halogens is 1. The van der Waals surface area contributed by atoms with Gasteiger partial charge in [-0.05, 0) is 55.2 Å². The van der Waals surface area contributed by atoms with Crippen molar-refractivity contribution in [2.45, 2.75) is 32.4 Å². The molecule has 0 bridgehead atoms. The largest absolute Gasteiger partial charge is 0.494 e. The van der Waals surface area contributed by atoms with Gasteiger partial charge in [-0.3, -0.25) is 0 Å². The molecule has 0 spiro atoms. The first-order valence-corrected chi connectivity index (χ1v) is 7.51. The zero-order chi connectivity index (χ0) is 14.7. The van der Waals surface area contributed by atoms with Gasteiger partial charge < -0.3 is 10.1 Å². The Kier molecular flexibility index (Phi) is 4.20. The van der Waals surface area contributed by atoms with E-state index in [0.717, 1.165) is 23.4 Å². The minimum absolute atomic E-state index is 0.196. The monoisotopic (exact) mass is 285 g/mol. The van der Waals surface area contributed by atoms with Crippen LogP contribution in [0.5, 0.6) is 5.75 Å². The van der Waals surface area contributed by atoms with Gasteiger partial charge in [0.15, 0.2) is 0 Å². The van der Waals surface area contributed by atoms with E-state index in [-0.39, 0.29) is 5.82 Å². The van der Waals surface area contributed by atoms with Crippen molar-refractivity contribution in [2.75, 3.05) is 6.61 Å². The molecular weight excluding hydrogens is 265 g/mol. The smallest absolute Gasteiger partial charge is 0.131 e. The molecule has 2 nitrogen and oxygen atoms in total. The molecule has 1 fully saturated rings. The van der Waals surface area contributed by atoms with Crippen LogP contribution in [0.25, 0.3) is 11.1 Å². The van der Waals surface area contributed by atoms with Gasteiger partial charge in [-0.15, -0.1) is 0 Å². The van der Waals surface area contributed by atoms with E-state index in [9.17, 15) is 4.39 Å². The van der Waals surface area contributed by atoms with Crippen LogP contribution in [0.3, 0.4) is 0 Å². The van der Waals surface area contributed by atoms with Crippen molar-refractivity contribution < 1.29 is 9.13 Å². The third-order valence-corrected chi connectivity index (χ3v) is 3.66. The summed E-state index contributed by atoms with van der Waals surface area (Å²) in [5.74, 6) is 0.578. The highest BCUT2D eigenvalue weighted by atomic mass is 19.1. The Bertz CT molecular complexity index is 622. The van der Waals surface area contributed by atoms with Gasteiger partial charge in [0.1, 0.15) is 11.6 Å². The zero-order valence-electron chi connectivity index (χ0n) is 12.2. The Labute approximate surface area is 125 Å². The number of hydrogen-bond donors (Lipinski definition) is 1. The maximum absolute atomic E-state index is 14.1. The molecule has 0 heterocycles. The highest BCUT2D eigenvalue weighted by Gasteiger charge is 2.20. The van der Waals surface area contributed by atoms with E-state index in [1.807, 2.05) is 43.3 Å². The average molecular weight is 285 g/mol. The SMILES string of the molecule is CCOc1cccc(-c2cc(CNC3CC3)ccc2F)c1. The fraction of sp³-hybridized carbons (Fsp3) is 0.333. The minimum Gasteiger partial charge on any atom is -0.494 e. The molecule has 0 atom stereocenters. The van der Waals surface area contributed by atoms with Gasteiger partial charge >= 0.3 is 0 Å². The molecule has 2 aromatic carbocycles. The van der Waals surface area contributed by atoms with Crippen LogP contribution < -0.4 is 10.1 Å². The Morgan fingerprint density at radius 1 is 1.19 bits per heavy atom. The highest BCUT2D eigenvalue weighted by molar-refractivity contribution is 5.66. The average Bonchev–Trinajstić information content (AvgIpc) is 3.31. The molecule has 21 heavy (non-hydrogen) atoms. The van der Waals surface area contributed by atoms with Gasteiger partial charge in [0.2, 0.25) is 0 Å². The Balaban J connectivity index is 1.85. The summed E-state index contributed by atoms with van der Waals surface area (Å²) >= 11 is 0. The maximum Gasteiger partial charge on any atom is 0.131 e. The summed E-state index contributed by atoms with van der Waals surface area (Å²) in [6.07, 6.45) is 2.51. The summed E-state index contributed by atoms with van der Waals surface area (Å²) < 4.78 is 19.6. The molecule has 0 radical (unpaired) electrons. The molecular formula is C18H20FNO. The summed E-state index contributed by atoms with van der Waals surface area (Å²) in [5.41, 5.74) is 2.60. The molecule has 0 amide bonds. The molecule has 110 valence electrons. The van der Waals surface area contributed by atoms with E-state index in [1.165, 1.54) is 12.8 Å². The van der Waals surface area contributed by atoms with Crippen molar-refractivity contribution in [3.8, 4) is 16.9 Å². The highest BCUT2D eigenvalue weighted by Crippen LogP contribution is 2.28. The summed E-state index contributed by atoms with van der Waals surface area (Å²) in [4.78, 5) is 0. The second-order valence-electron chi connectivity index (χ2n) is 5.43. The van der Waals surface area contributed by atoms with E-state index in [4.69, 9.17) is 4.74 Å². The molecule has 3 rings (SSSR count). The van der Waals surface area contributed by atoms with Crippen LogP contribution in [0.2, 0.25) is 0 Å². The molecule has 0 aliphatic heterocycles. The quantitative estimate of drug-likeness (QED) is 0.861. The van der Waals surface area contributed by atoms with E-state index in [1.54, 1.807) is 6.07 Å². The van der Waals surface area contributed by atoms with Crippen molar-refractivity contribution in [2.24, 2.45) is 0 Å². The molecule has 0 unspecified atom stereocenters. The van der Waals surface area contributed by atoms with Crippen LogP contribution in [0.4, 0.5) is 4.39 Å². The third kappa shape index (κ3) is 3.61. The van der Waals surface area contributed by atoms with Crippen LogP contribution in [-0.4, -0.2) is 12.6 Å². The Hall–Kier alpha value is -1.87. The summed E-state index contributed by atoms with van der Waals surface area (Å²) in [6.45, 7) is 3.35. The normalized spacial score (nSPS) is 14.2. The first kappa shape index (κ1) is 14.1. The van der Waals surface area contributed by atoms with Crippen LogP contribution in [0, 0.1) is 5.82 Å². The molecule has 0 saturated heterocycles. The second kappa shape index (κ2) is 6.27. The molecule has 3 heteroatoms. The van der Waals surface area contributed by atoms with E-state index in [2.05, 4.69) is 5.32 Å². The van der Waals surface area contributed by atoms with Crippen molar-refractivity contribution >= 4 is 0 Å². The van der Waals surface area contributed by atoms with Gasteiger partial charge in [0.25, 0.3) is 0 Å². The first-order valence-electron chi connectivity index (χ1n) is 7.51. The van der Waals surface area contributed by atoms with Crippen molar-refractivity contribution in [1.82, 2.24) is 5.32 Å². The van der Waals surface area contributed by atoms with Crippen molar-refractivity contribution in [1.29, 1.82) is 0 Å². The first-order chi connectivity index (χ1) is 10.3. The number of rotatable bonds is 6. The third-order valence-electron chi connectivity index (χ3n) is 3.66. The van der Waals surface area contributed by atoms with Crippen LogP contribution >= 0.6 is 0 Å². The van der Waals surface area contributed by atoms with E-state index < -0.39 is 0 Å². The van der Waals surface area contributed by atoms with E-state index >= 15 is 0 Å². The standard InChI is InChI=1S/C18H20FNO/c1-2-21-16-5-3-4-14(11-16)17-10-13(6-9-18(17)19)12-20-15-7-8-15/h3-6,9-11,15,20H,2,7-8,12H2,1H3. The maximum atomic E-state index is 14.1. The van der Waals surface area contributed by atoms with Gasteiger partial charge in [-0.2, -0.15) is 0 Å². The fourth-order valence-corrected chi connectivity index (χ4v) is 2.37. The lowest BCUT2D eigenvalue weighted by molar-refractivity contribution is 0.340. The van der Waals surface area contributed by atoms with E-state index in [0.29, 0.717) is 18.2 Å². The molecule has 1 N–H and O–H groups in total. The number of nitrogens with one attached hydrogen (secondary N) is 1. The van der Waals surface area contributed by atoms with Gasteiger partial charge in [-0.25, -0.2) is 4.39 Å². The van der Waals surface area contributed by atoms with Crippen LogP contribution in [0.1, 0.15) is 25.3 Å². The summed E-state index contributed by atoms with van der Waals surface area (Å²) in [6, 6.07) is 13.6. The molecule has 0 aromatic heterocycles. The predicted molar refractivity (Wildman–Crippen MR) is 82.9 cm³/mol. The van der Waals surface area contributed by atoms with Gasteiger partial charge in [0.05, 0.1) is 6.61 Å². The topological polar surface area (TPSA) is 21.3 Å². The minimum atomic E-state index is -0.196.